The molecule has 111 valence electrons. The molecule has 1 aromatic rings. The van der Waals surface area contributed by atoms with E-state index in [0.717, 1.165) is 14.9 Å². The number of fused-ring (bicyclic) bond motifs is 1. The minimum atomic E-state index is -0.334. The fourth-order valence-corrected chi connectivity index (χ4v) is 14.1. The molecule has 1 aliphatic rings. The van der Waals surface area contributed by atoms with Crippen LogP contribution in [0.15, 0.2) is 30.3 Å². The number of hydrogen-bond acceptors (Lipinski definition) is 0. The third kappa shape index (κ3) is 5.74. The Kier molecular flexibility index (Phi) is 12.6. The molecule has 1 aliphatic carbocycles. The van der Waals surface area contributed by atoms with Crippen LogP contribution in [-0.4, -0.2) is 11.3 Å². The first-order valence-electron chi connectivity index (χ1n) is 6.41. The Morgan fingerprint density at radius 1 is 0.950 bits per heavy atom. The smallest absolute Gasteiger partial charge is 1.00 e. The van der Waals surface area contributed by atoms with Gasteiger partial charge in [-0.15, -0.1) is 0 Å². The van der Waals surface area contributed by atoms with Crippen molar-refractivity contribution in [3.8, 4) is 0 Å². The summed E-state index contributed by atoms with van der Waals surface area (Å²) in [4.78, 5) is 0. The Morgan fingerprint density at radius 3 is 2.05 bits per heavy atom. The maximum atomic E-state index is 2.48. The van der Waals surface area contributed by atoms with E-state index in [1.54, 1.807) is 5.56 Å². The van der Waals surface area contributed by atoms with Gasteiger partial charge in [0.2, 0.25) is 0 Å². The molecule has 1 unspecified atom stereocenters. The maximum Gasteiger partial charge on any atom is -1.00 e. The van der Waals surface area contributed by atoms with E-state index in [0.29, 0.717) is 5.21 Å². The summed E-state index contributed by atoms with van der Waals surface area (Å²) in [5.41, 5.74) is 4.92. The minimum Gasteiger partial charge on any atom is -1.00 e. The van der Waals surface area contributed by atoms with Crippen LogP contribution in [0.4, 0.5) is 0 Å². The molecule has 5 heteroatoms. The molecule has 0 heterocycles. The molecular weight excluding hydrogens is 409 g/mol. The van der Waals surface area contributed by atoms with E-state index in [2.05, 4.69) is 64.1 Å². The van der Waals surface area contributed by atoms with Gasteiger partial charge in [0.25, 0.3) is 0 Å². The van der Waals surface area contributed by atoms with E-state index in [1.165, 1.54) is 5.56 Å². The molecule has 2 rings (SSSR count). The summed E-state index contributed by atoms with van der Waals surface area (Å²) < 4.78 is 0.839. The van der Waals surface area contributed by atoms with Crippen molar-refractivity contribution in [2.24, 2.45) is 0 Å². The molecule has 0 saturated carbocycles. The van der Waals surface area contributed by atoms with Gasteiger partial charge in [-0.2, -0.15) is 0 Å². The van der Waals surface area contributed by atoms with E-state index in [4.69, 9.17) is 0 Å². The van der Waals surface area contributed by atoms with Crippen LogP contribution < -0.4 is 37.2 Å². The molecule has 0 spiro atoms. The summed E-state index contributed by atoms with van der Waals surface area (Å²) in [6.45, 7) is 9.71. The second kappa shape index (κ2) is 10.8. The summed E-state index contributed by atoms with van der Waals surface area (Å²) >= 11 is -0.334. The third-order valence-electron chi connectivity index (χ3n) is 3.20. The molecule has 20 heavy (non-hydrogen) atoms. The second-order valence-electron chi connectivity index (χ2n) is 5.19. The third-order valence-corrected chi connectivity index (χ3v) is 19.1. The summed E-state index contributed by atoms with van der Waals surface area (Å²) in [6, 6.07) is 8.96. The normalized spacial score (nSPS) is 15.2. The van der Waals surface area contributed by atoms with Crippen molar-refractivity contribution in [2.75, 3.05) is 0 Å². The van der Waals surface area contributed by atoms with Gasteiger partial charge in [0, 0.05) is 0 Å². The van der Waals surface area contributed by atoms with Crippen LogP contribution in [0.1, 0.15) is 42.4 Å². The molecule has 1 aromatic carbocycles. The van der Waals surface area contributed by atoms with Gasteiger partial charge in [-0.25, -0.2) is 0 Å². The van der Waals surface area contributed by atoms with Crippen molar-refractivity contribution < 1.29 is 59.9 Å². The van der Waals surface area contributed by atoms with Gasteiger partial charge in [-0.3, -0.25) is 0 Å². The Morgan fingerprint density at radius 2 is 1.50 bits per heavy atom. The Balaban J connectivity index is 0. The summed E-state index contributed by atoms with van der Waals surface area (Å²) in [7, 11) is 0. The standard InChI is InChI=1S/C9H7.C6H14P.3ClH.Zr/c1-2-5-9-7-3-6-8(9)4-1;1-5(2)7-6(3)4;;;;/h1-7H;5-6H,1-4H3;3*1H;/q;-1;;;;+4/p-3. The Hall–Kier alpha value is 1.14. The molecule has 0 aromatic heterocycles. The minimum absolute atomic E-state index is 0. The first-order chi connectivity index (χ1) is 8.09. The fourth-order valence-electron chi connectivity index (χ4n) is 2.42. The molecule has 0 bridgehead atoms. The first kappa shape index (κ1) is 23.4. The van der Waals surface area contributed by atoms with Crippen LogP contribution in [0.5, 0.6) is 0 Å². The van der Waals surface area contributed by atoms with Crippen molar-refractivity contribution in [1.82, 2.24) is 0 Å². The van der Waals surface area contributed by atoms with Crippen molar-refractivity contribution in [3.63, 3.8) is 0 Å². The molecule has 0 N–H and O–H groups in total. The Bertz CT molecular complexity index is 413. The van der Waals surface area contributed by atoms with E-state index in [9.17, 15) is 0 Å². The van der Waals surface area contributed by atoms with Crippen molar-refractivity contribution in [3.05, 3.63) is 41.5 Å². The van der Waals surface area contributed by atoms with Crippen LogP contribution in [-0.2, 0) is 22.7 Å². The number of rotatable bonds is 4. The molecule has 0 saturated heterocycles. The van der Waals surface area contributed by atoms with Gasteiger partial charge in [-0.1, -0.05) is 0 Å². The second-order valence-corrected chi connectivity index (χ2v) is 15.6. The number of halogens is 3. The van der Waals surface area contributed by atoms with Crippen LogP contribution in [0.2, 0.25) is 0 Å². The summed E-state index contributed by atoms with van der Waals surface area (Å²) in [6.07, 6.45) is 4.83. The predicted octanol–water partition coefficient (Wildman–Crippen LogP) is -3.94. The van der Waals surface area contributed by atoms with Crippen LogP contribution >= 0.6 is 5.21 Å². The summed E-state index contributed by atoms with van der Waals surface area (Å²) in [5.74, 6) is 0. The molecule has 1 atom stereocenters. The van der Waals surface area contributed by atoms with E-state index in [-0.39, 0.29) is 59.9 Å². The van der Waals surface area contributed by atoms with E-state index >= 15 is 0 Å². The van der Waals surface area contributed by atoms with Crippen LogP contribution in [0, 0.1) is 0 Å². The average molecular weight is 430 g/mol. The van der Waals surface area contributed by atoms with Gasteiger partial charge < -0.3 is 37.2 Å². The van der Waals surface area contributed by atoms with Crippen LogP contribution in [0.25, 0.3) is 6.08 Å². The number of benzene rings is 1. The van der Waals surface area contributed by atoms with Gasteiger partial charge in [0.05, 0.1) is 0 Å². The molecule has 0 fully saturated rings. The molecule has 0 radical (unpaired) electrons. The van der Waals surface area contributed by atoms with Crippen molar-refractivity contribution >= 4 is 11.3 Å². The first-order valence-corrected chi connectivity index (χ1v) is 12.6. The molecule has 0 amide bonds. The van der Waals surface area contributed by atoms with Crippen molar-refractivity contribution in [2.45, 2.75) is 42.6 Å². The largest absolute Gasteiger partial charge is 1.00 e. The van der Waals surface area contributed by atoms with Gasteiger partial charge in [0.1, 0.15) is 0 Å². The van der Waals surface area contributed by atoms with Gasteiger partial charge >= 0.3 is 118 Å². The Labute approximate surface area is 154 Å². The molecule has 0 nitrogen and oxygen atoms in total. The zero-order valence-corrected chi connectivity index (χ0v) is 17.9. The van der Waals surface area contributed by atoms with E-state index in [1.807, 2.05) is 0 Å². The van der Waals surface area contributed by atoms with Crippen molar-refractivity contribution in [1.29, 1.82) is 0 Å². The zero-order valence-electron chi connectivity index (χ0n) is 12.3. The number of hydrogen-bond donors (Lipinski definition) is 0. The average Bonchev–Trinajstić information content (AvgIpc) is 2.68. The quantitative estimate of drug-likeness (QED) is 0.429. The van der Waals surface area contributed by atoms with Gasteiger partial charge in [-0.05, 0) is 0 Å². The topological polar surface area (TPSA) is 0 Å². The predicted molar refractivity (Wildman–Crippen MR) is 75.4 cm³/mol. The SMILES string of the molecule is CC(C)[P]([Zr+3][CH]1C=Cc2ccccc21)C(C)C.[Cl-].[Cl-].[Cl-]. The molecular formula is C15H21Cl3PZr. The monoisotopic (exact) mass is 427 g/mol. The molecule has 0 aliphatic heterocycles. The van der Waals surface area contributed by atoms with Crippen LogP contribution in [0.3, 0.4) is 0 Å². The fraction of sp³-hybridized carbons (Fsp3) is 0.467. The van der Waals surface area contributed by atoms with E-state index < -0.39 is 0 Å². The van der Waals surface area contributed by atoms with Gasteiger partial charge in [0.15, 0.2) is 0 Å². The maximum absolute atomic E-state index is 2.48. The summed E-state index contributed by atoms with van der Waals surface area (Å²) in [5, 5.41) is 0.305. The zero-order chi connectivity index (χ0) is 12.4. The number of allylic oxidation sites excluding steroid dienone is 1.